The van der Waals surface area contributed by atoms with Crippen LogP contribution in [-0.2, 0) is 19.1 Å². The van der Waals surface area contributed by atoms with Gasteiger partial charge >= 0.3 is 5.97 Å². The molecule has 3 aromatic carbocycles. The van der Waals surface area contributed by atoms with E-state index in [-0.39, 0.29) is 18.7 Å². The fourth-order valence-corrected chi connectivity index (χ4v) is 4.27. The van der Waals surface area contributed by atoms with Crippen LogP contribution < -0.4 is 10.6 Å². The number of anilines is 1. The number of halogens is 2. The van der Waals surface area contributed by atoms with Gasteiger partial charge in [0.25, 0.3) is 5.91 Å². The van der Waals surface area contributed by atoms with Crippen LogP contribution in [0.1, 0.15) is 6.42 Å². The first-order valence-corrected chi connectivity index (χ1v) is 11.0. The molecule has 0 radical (unpaired) electrons. The number of fused-ring (bicyclic) bond motifs is 1. The Morgan fingerprint density at radius 3 is 2.41 bits per heavy atom. The van der Waals surface area contributed by atoms with Gasteiger partial charge in [-0.3, -0.25) is 14.4 Å². The molecular formula is C23H20ClFN2O4S. The molecule has 0 saturated heterocycles. The van der Waals surface area contributed by atoms with E-state index >= 15 is 0 Å². The van der Waals surface area contributed by atoms with Gasteiger partial charge in [-0.05, 0) is 41.8 Å². The number of ether oxygens (including phenoxy) is 1. The molecule has 0 saturated carbocycles. The topological polar surface area (TPSA) is 89.7 Å². The Balaban J connectivity index is 1.60. The third kappa shape index (κ3) is 6.21. The largest absolute Gasteiger partial charge is 0.455 e. The van der Waals surface area contributed by atoms with Gasteiger partial charge in [0.1, 0.15) is 5.82 Å². The first-order valence-electron chi connectivity index (χ1n) is 9.65. The summed E-state index contributed by atoms with van der Waals surface area (Å²) < 4.78 is 18.3. The summed E-state index contributed by atoms with van der Waals surface area (Å²) in [6.07, 6.45) is -0.0885. The molecule has 0 aliphatic rings. The summed E-state index contributed by atoms with van der Waals surface area (Å²) in [5.74, 6) is -2.21. The lowest BCUT2D eigenvalue weighted by atomic mass is 10.1. The van der Waals surface area contributed by atoms with E-state index in [1.54, 1.807) is 6.07 Å². The Labute approximate surface area is 193 Å². The molecule has 0 unspecified atom stereocenters. The molecule has 0 aromatic heterocycles. The lowest BCUT2D eigenvalue weighted by molar-refractivity contribution is -0.145. The molecule has 9 heteroatoms. The molecule has 0 atom stereocenters. The zero-order valence-corrected chi connectivity index (χ0v) is 18.5. The lowest BCUT2D eigenvalue weighted by Gasteiger charge is -2.22. The van der Waals surface area contributed by atoms with Gasteiger partial charge in [0.2, 0.25) is 5.91 Å². The van der Waals surface area contributed by atoms with Crippen molar-refractivity contribution >= 4 is 57.6 Å². The second kappa shape index (κ2) is 11.0. The number of hydrogen-bond donors (Lipinski definition) is 1. The van der Waals surface area contributed by atoms with Crippen molar-refractivity contribution in [3.05, 3.63) is 71.5 Å². The highest BCUT2D eigenvalue weighted by Gasteiger charge is 2.19. The van der Waals surface area contributed by atoms with Crippen molar-refractivity contribution in [2.75, 3.05) is 23.8 Å². The maximum absolute atomic E-state index is 13.2. The quantitative estimate of drug-likeness (QED) is 0.371. The number of rotatable bonds is 9. The summed E-state index contributed by atoms with van der Waals surface area (Å²) >= 11 is 7.56. The number of carbonyl (C=O) groups is 3. The van der Waals surface area contributed by atoms with Gasteiger partial charge in [0.05, 0.1) is 5.75 Å². The first kappa shape index (κ1) is 23.6. The number of thioether (sulfide) groups is 1. The van der Waals surface area contributed by atoms with Gasteiger partial charge in [0, 0.05) is 34.0 Å². The molecule has 0 spiro atoms. The molecular weight excluding hydrogens is 455 g/mol. The number of carbonyl (C=O) groups excluding carboxylic acids is 3. The van der Waals surface area contributed by atoms with E-state index in [9.17, 15) is 18.8 Å². The van der Waals surface area contributed by atoms with Crippen LogP contribution in [0.2, 0.25) is 5.02 Å². The van der Waals surface area contributed by atoms with Crippen molar-refractivity contribution in [1.82, 2.24) is 0 Å². The van der Waals surface area contributed by atoms with Crippen LogP contribution >= 0.6 is 23.4 Å². The first-order chi connectivity index (χ1) is 15.3. The number of esters is 1. The average molecular weight is 475 g/mol. The lowest BCUT2D eigenvalue weighted by Crippen LogP contribution is -2.37. The summed E-state index contributed by atoms with van der Waals surface area (Å²) in [6, 6.07) is 16.4. The predicted octanol–water partition coefficient (Wildman–Crippen LogP) is 4.18. The summed E-state index contributed by atoms with van der Waals surface area (Å²) in [6.45, 7) is -0.535. The highest BCUT2D eigenvalue weighted by Crippen LogP contribution is 2.33. The van der Waals surface area contributed by atoms with Crippen molar-refractivity contribution in [3.8, 4) is 0 Å². The standard InChI is InChI=1S/C23H20ClFN2O4S/c24-18-5-1-3-15-4-2-6-19(23(15)18)32-14-22(30)31-13-21(29)27(12-11-20(26)28)17-9-7-16(25)8-10-17/h1-10H,11-14H2,(H2,26,28). The Morgan fingerprint density at radius 1 is 1.03 bits per heavy atom. The van der Waals surface area contributed by atoms with E-state index in [1.165, 1.54) is 40.9 Å². The van der Waals surface area contributed by atoms with E-state index in [1.807, 2.05) is 30.3 Å². The Kier molecular flexibility index (Phi) is 8.08. The smallest absolute Gasteiger partial charge is 0.316 e. The summed E-state index contributed by atoms with van der Waals surface area (Å²) in [7, 11) is 0. The molecule has 0 aliphatic carbocycles. The van der Waals surface area contributed by atoms with Gasteiger partial charge in [-0.1, -0.05) is 35.9 Å². The molecule has 32 heavy (non-hydrogen) atoms. The second-order valence-corrected chi connectivity index (χ2v) is 8.21. The van der Waals surface area contributed by atoms with Crippen molar-refractivity contribution in [3.63, 3.8) is 0 Å². The molecule has 166 valence electrons. The number of benzene rings is 3. The third-order valence-corrected chi connectivity index (χ3v) is 5.89. The minimum atomic E-state index is -0.591. The summed E-state index contributed by atoms with van der Waals surface area (Å²) in [4.78, 5) is 38.1. The average Bonchev–Trinajstić information content (AvgIpc) is 2.77. The highest BCUT2D eigenvalue weighted by atomic mass is 35.5. The molecule has 3 aromatic rings. The number of primary amides is 1. The van der Waals surface area contributed by atoms with Crippen LogP contribution in [0.4, 0.5) is 10.1 Å². The van der Waals surface area contributed by atoms with Crippen LogP contribution in [-0.4, -0.2) is 36.7 Å². The summed E-state index contributed by atoms with van der Waals surface area (Å²) in [5, 5.41) is 2.38. The van der Waals surface area contributed by atoms with Gasteiger partial charge < -0.3 is 15.4 Å². The Morgan fingerprint density at radius 2 is 1.72 bits per heavy atom. The molecule has 6 nitrogen and oxygen atoms in total. The molecule has 0 fully saturated rings. The molecule has 0 aliphatic heterocycles. The van der Waals surface area contributed by atoms with Gasteiger partial charge in [-0.15, -0.1) is 11.8 Å². The van der Waals surface area contributed by atoms with E-state index in [4.69, 9.17) is 22.1 Å². The molecule has 0 bridgehead atoms. The molecule has 2 amide bonds. The minimum absolute atomic E-state index is 0.0133. The predicted molar refractivity (Wildman–Crippen MR) is 123 cm³/mol. The van der Waals surface area contributed by atoms with E-state index in [0.29, 0.717) is 10.7 Å². The number of nitrogens with two attached hydrogens (primary N) is 1. The van der Waals surface area contributed by atoms with Crippen LogP contribution in [0.3, 0.4) is 0 Å². The molecule has 0 heterocycles. The van der Waals surface area contributed by atoms with Crippen molar-refractivity contribution < 1.29 is 23.5 Å². The van der Waals surface area contributed by atoms with E-state index in [0.717, 1.165) is 15.7 Å². The maximum atomic E-state index is 13.2. The van der Waals surface area contributed by atoms with Crippen molar-refractivity contribution in [1.29, 1.82) is 0 Å². The fraction of sp³-hybridized carbons (Fsp3) is 0.174. The normalized spacial score (nSPS) is 10.7. The fourth-order valence-electron chi connectivity index (χ4n) is 3.02. The maximum Gasteiger partial charge on any atom is 0.316 e. The van der Waals surface area contributed by atoms with Gasteiger partial charge in [0.15, 0.2) is 6.61 Å². The molecule has 3 rings (SSSR count). The van der Waals surface area contributed by atoms with E-state index in [2.05, 4.69) is 0 Å². The Bertz CT molecular complexity index is 1140. The van der Waals surface area contributed by atoms with Crippen molar-refractivity contribution in [2.24, 2.45) is 5.73 Å². The SMILES string of the molecule is NC(=O)CCN(C(=O)COC(=O)CSc1cccc2cccc(Cl)c12)c1ccc(F)cc1. The summed E-state index contributed by atoms with van der Waals surface area (Å²) in [5.41, 5.74) is 5.54. The van der Waals surface area contributed by atoms with E-state index < -0.39 is 30.2 Å². The zero-order chi connectivity index (χ0) is 23.1. The van der Waals surface area contributed by atoms with Gasteiger partial charge in [-0.25, -0.2) is 4.39 Å². The van der Waals surface area contributed by atoms with Crippen LogP contribution in [0.15, 0.2) is 65.6 Å². The number of hydrogen-bond acceptors (Lipinski definition) is 5. The second-order valence-electron chi connectivity index (χ2n) is 6.78. The van der Waals surface area contributed by atoms with Crippen molar-refractivity contribution in [2.45, 2.75) is 11.3 Å². The molecule has 2 N–H and O–H groups in total. The van der Waals surface area contributed by atoms with Crippen LogP contribution in [0.25, 0.3) is 10.8 Å². The van der Waals surface area contributed by atoms with Gasteiger partial charge in [-0.2, -0.15) is 0 Å². The number of amides is 2. The van der Waals surface area contributed by atoms with Crippen LogP contribution in [0, 0.1) is 5.82 Å². The number of nitrogens with zero attached hydrogens (tertiary/aromatic N) is 1. The highest BCUT2D eigenvalue weighted by molar-refractivity contribution is 8.00. The Hall–Kier alpha value is -3.10. The monoisotopic (exact) mass is 474 g/mol. The third-order valence-electron chi connectivity index (χ3n) is 4.54. The minimum Gasteiger partial charge on any atom is -0.455 e. The zero-order valence-electron chi connectivity index (χ0n) is 16.9. The van der Waals surface area contributed by atoms with Crippen LogP contribution in [0.5, 0.6) is 0 Å².